The van der Waals surface area contributed by atoms with E-state index in [4.69, 9.17) is 10.5 Å². The lowest BCUT2D eigenvalue weighted by molar-refractivity contribution is 0.158. The molecule has 0 saturated carbocycles. The van der Waals surface area contributed by atoms with Gasteiger partial charge in [-0.1, -0.05) is 12.1 Å². The van der Waals surface area contributed by atoms with E-state index in [1.165, 1.54) is 17.0 Å². The molecular weight excluding hydrogens is 211 g/mol. The van der Waals surface area contributed by atoms with Crippen molar-refractivity contribution in [3.63, 3.8) is 0 Å². The highest BCUT2D eigenvalue weighted by atomic mass is 19.1. The fourth-order valence-corrected chi connectivity index (χ4v) is 1.83. The van der Waals surface area contributed by atoms with E-state index >= 15 is 0 Å². The van der Waals surface area contributed by atoms with Crippen molar-refractivity contribution in [2.24, 2.45) is 5.73 Å². The third-order valence-electron chi connectivity index (χ3n) is 2.58. The molecule has 1 aromatic carbocycles. The fraction of sp³-hybridized carbons (Fsp3) is 0.364. The molecule has 2 rings (SSSR count). The molecule has 0 radical (unpaired) electrons. The van der Waals surface area contributed by atoms with E-state index in [9.17, 15) is 9.18 Å². The summed E-state index contributed by atoms with van der Waals surface area (Å²) in [6.07, 6.45) is -0.389. The van der Waals surface area contributed by atoms with Crippen LogP contribution in [0.3, 0.4) is 0 Å². The molecule has 5 heteroatoms. The molecule has 0 aliphatic carbocycles. The number of rotatable bonds is 3. The number of ether oxygens (including phenoxy) is 1. The number of halogens is 1. The van der Waals surface area contributed by atoms with E-state index < -0.39 is 0 Å². The molecule has 1 saturated heterocycles. The summed E-state index contributed by atoms with van der Waals surface area (Å²) in [4.78, 5) is 12.9. The average molecular weight is 224 g/mol. The Balaban J connectivity index is 2.23. The number of hydrogen-bond donors (Lipinski definition) is 1. The first-order chi connectivity index (χ1) is 7.72. The smallest absolute Gasteiger partial charge is 0.410 e. The van der Waals surface area contributed by atoms with Gasteiger partial charge in [-0.2, -0.15) is 0 Å². The molecule has 1 aromatic rings. The van der Waals surface area contributed by atoms with Crippen LogP contribution in [0.2, 0.25) is 0 Å². The van der Waals surface area contributed by atoms with Gasteiger partial charge in [-0.25, -0.2) is 9.18 Å². The largest absolute Gasteiger partial charge is 0.447 e. The first-order valence-corrected chi connectivity index (χ1v) is 5.11. The van der Waals surface area contributed by atoms with Gasteiger partial charge in [-0.3, -0.25) is 4.90 Å². The monoisotopic (exact) mass is 224 g/mol. The average Bonchev–Trinajstić information content (AvgIpc) is 2.61. The third-order valence-corrected chi connectivity index (χ3v) is 2.58. The second-order valence-corrected chi connectivity index (χ2v) is 3.63. The van der Waals surface area contributed by atoms with Crippen LogP contribution in [0.15, 0.2) is 24.3 Å². The lowest BCUT2D eigenvalue weighted by Crippen LogP contribution is -2.32. The Bertz CT molecular complexity index is 397. The Labute approximate surface area is 92.8 Å². The molecule has 4 nitrogen and oxygen atoms in total. The van der Waals surface area contributed by atoms with Crippen LogP contribution in [0, 0.1) is 5.82 Å². The summed E-state index contributed by atoms with van der Waals surface area (Å²) in [5.74, 6) is -0.315. The normalized spacial score (nSPS) is 20.0. The first-order valence-electron chi connectivity index (χ1n) is 5.11. The van der Waals surface area contributed by atoms with Gasteiger partial charge in [0.25, 0.3) is 0 Å². The number of hydrogen-bond acceptors (Lipinski definition) is 3. The highest BCUT2D eigenvalue weighted by Gasteiger charge is 2.33. The molecule has 0 aromatic heterocycles. The molecule has 1 fully saturated rings. The summed E-state index contributed by atoms with van der Waals surface area (Å²) in [6, 6.07) is 5.95. The number of carbonyl (C=O) groups excluding carboxylic acids is 1. The van der Waals surface area contributed by atoms with Crippen molar-refractivity contribution in [2.75, 3.05) is 19.7 Å². The van der Waals surface area contributed by atoms with E-state index in [0.717, 1.165) is 5.56 Å². The Kier molecular flexibility index (Phi) is 3.05. The number of benzene rings is 1. The summed E-state index contributed by atoms with van der Waals surface area (Å²) in [5, 5.41) is 0. The quantitative estimate of drug-likeness (QED) is 0.841. The highest BCUT2D eigenvalue weighted by Crippen LogP contribution is 2.27. The minimum atomic E-state index is -0.389. The maximum absolute atomic E-state index is 13.1. The number of nitrogens with two attached hydrogens (primary N) is 1. The zero-order chi connectivity index (χ0) is 11.5. The molecule has 0 spiro atoms. The summed E-state index contributed by atoms with van der Waals surface area (Å²) in [6.45, 7) is 1.03. The molecule has 1 amide bonds. The molecular formula is C11H13FN2O2. The van der Waals surface area contributed by atoms with Gasteiger partial charge in [0, 0.05) is 13.1 Å². The summed E-state index contributed by atoms with van der Waals surface area (Å²) in [7, 11) is 0. The van der Waals surface area contributed by atoms with Gasteiger partial charge in [-0.15, -0.1) is 0 Å². The van der Waals surface area contributed by atoms with Gasteiger partial charge < -0.3 is 10.5 Å². The number of carbonyl (C=O) groups is 1. The first kappa shape index (κ1) is 10.9. The molecule has 1 aliphatic rings. The molecule has 1 atom stereocenters. The minimum absolute atomic E-state index is 0.230. The molecule has 1 aliphatic heterocycles. The van der Waals surface area contributed by atoms with Crippen LogP contribution in [0.5, 0.6) is 0 Å². The predicted octanol–water partition coefficient (Wildman–Crippen LogP) is 1.28. The van der Waals surface area contributed by atoms with Crippen LogP contribution in [0.25, 0.3) is 0 Å². The fourth-order valence-electron chi connectivity index (χ4n) is 1.83. The van der Waals surface area contributed by atoms with Gasteiger partial charge >= 0.3 is 6.09 Å². The van der Waals surface area contributed by atoms with Crippen molar-refractivity contribution in [2.45, 2.75) is 6.04 Å². The molecule has 1 unspecified atom stereocenters. The summed E-state index contributed by atoms with van der Waals surface area (Å²) in [5.41, 5.74) is 6.15. The predicted molar refractivity (Wildman–Crippen MR) is 56.2 cm³/mol. The maximum Gasteiger partial charge on any atom is 0.410 e. The van der Waals surface area contributed by atoms with Crippen molar-refractivity contribution in [3.05, 3.63) is 35.6 Å². The van der Waals surface area contributed by atoms with Gasteiger partial charge in [0.2, 0.25) is 0 Å². The maximum atomic E-state index is 13.1. The molecule has 16 heavy (non-hydrogen) atoms. The lowest BCUT2D eigenvalue weighted by Gasteiger charge is -2.20. The van der Waals surface area contributed by atoms with Gasteiger partial charge in [-0.05, 0) is 17.7 Å². The van der Waals surface area contributed by atoms with E-state index in [-0.39, 0.29) is 24.6 Å². The second-order valence-electron chi connectivity index (χ2n) is 3.63. The topological polar surface area (TPSA) is 55.6 Å². The number of nitrogens with zero attached hydrogens (tertiary/aromatic N) is 1. The van der Waals surface area contributed by atoms with Crippen LogP contribution in [0.1, 0.15) is 11.6 Å². The summed E-state index contributed by atoms with van der Waals surface area (Å²) < 4.78 is 18.0. The van der Waals surface area contributed by atoms with Crippen molar-refractivity contribution < 1.29 is 13.9 Å². The van der Waals surface area contributed by atoms with Crippen LogP contribution in [-0.2, 0) is 4.74 Å². The highest BCUT2D eigenvalue weighted by molar-refractivity contribution is 5.70. The van der Waals surface area contributed by atoms with Crippen molar-refractivity contribution >= 4 is 6.09 Å². The molecule has 2 N–H and O–H groups in total. The van der Waals surface area contributed by atoms with Gasteiger partial charge in [0.15, 0.2) is 0 Å². The molecule has 0 bridgehead atoms. The zero-order valence-corrected chi connectivity index (χ0v) is 8.73. The third kappa shape index (κ3) is 1.99. The Hall–Kier alpha value is -1.62. The van der Waals surface area contributed by atoms with Crippen molar-refractivity contribution in [1.29, 1.82) is 0 Å². The van der Waals surface area contributed by atoms with Crippen LogP contribution in [0.4, 0.5) is 9.18 Å². The van der Waals surface area contributed by atoms with E-state index in [2.05, 4.69) is 0 Å². The second kappa shape index (κ2) is 4.49. The molecule has 86 valence electrons. The van der Waals surface area contributed by atoms with Crippen molar-refractivity contribution in [3.8, 4) is 0 Å². The number of amides is 1. The van der Waals surface area contributed by atoms with Crippen molar-refractivity contribution in [1.82, 2.24) is 4.90 Å². The molecule has 1 heterocycles. The Morgan fingerprint density at radius 1 is 1.56 bits per heavy atom. The van der Waals surface area contributed by atoms with Gasteiger partial charge in [0.05, 0.1) is 6.04 Å². The SMILES string of the molecule is NCCN1C(=O)OCC1c1cccc(F)c1. The minimum Gasteiger partial charge on any atom is -0.447 e. The zero-order valence-electron chi connectivity index (χ0n) is 8.73. The van der Waals surface area contributed by atoms with Crippen LogP contribution < -0.4 is 5.73 Å². The Morgan fingerprint density at radius 3 is 3.06 bits per heavy atom. The van der Waals surface area contributed by atoms with E-state index in [0.29, 0.717) is 13.1 Å². The van der Waals surface area contributed by atoms with E-state index in [1.54, 1.807) is 12.1 Å². The van der Waals surface area contributed by atoms with Crippen LogP contribution in [-0.4, -0.2) is 30.7 Å². The lowest BCUT2D eigenvalue weighted by atomic mass is 10.1. The number of cyclic esters (lactones) is 1. The summed E-state index contributed by atoms with van der Waals surface area (Å²) >= 11 is 0. The standard InChI is InChI=1S/C11H13FN2O2/c12-9-3-1-2-8(6-9)10-7-16-11(15)14(10)5-4-13/h1-3,6,10H,4-5,7,13H2. The Morgan fingerprint density at radius 2 is 2.38 bits per heavy atom. The van der Waals surface area contributed by atoms with E-state index in [1.807, 2.05) is 0 Å². The van der Waals surface area contributed by atoms with Gasteiger partial charge in [0.1, 0.15) is 12.4 Å². The van der Waals surface area contributed by atoms with Crippen LogP contribution >= 0.6 is 0 Å².